The van der Waals surface area contributed by atoms with Crippen LogP contribution < -0.4 is 20.1 Å². The first-order valence-corrected chi connectivity index (χ1v) is 7.64. The van der Waals surface area contributed by atoms with Crippen LogP contribution in [0.5, 0.6) is 11.5 Å². The van der Waals surface area contributed by atoms with Crippen LogP contribution in [0, 0.1) is 0 Å². The first-order valence-electron chi connectivity index (χ1n) is 6.85. The topological polar surface area (TPSA) is 64.1 Å². The normalized spacial score (nSPS) is 13.4. The highest BCUT2D eigenvalue weighted by molar-refractivity contribution is 9.10. The van der Waals surface area contributed by atoms with Gasteiger partial charge in [-0.05, 0) is 40.5 Å². The number of aliphatic imine (C=N–C) groups is 1. The van der Waals surface area contributed by atoms with Crippen molar-refractivity contribution in [2.24, 2.45) is 4.99 Å². The van der Waals surface area contributed by atoms with Crippen molar-refractivity contribution in [2.75, 3.05) is 33.6 Å². The maximum absolute atomic E-state index is 5.40. The van der Waals surface area contributed by atoms with Crippen molar-refractivity contribution in [3.05, 3.63) is 22.2 Å². The van der Waals surface area contributed by atoms with Gasteiger partial charge in [-0.15, -0.1) is 0 Å². The number of nitrogens with one attached hydrogen (secondary N) is 2. The number of ether oxygens (including phenoxy) is 3. The smallest absolute Gasteiger partial charge is 0.231 e. The number of rotatable bonds is 6. The van der Waals surface area contributed by atoms with E-state index in [1.54, 1.807) is 7.05 Å². The zero-order valence-electron chi connectivity index (χ0n) is 12.2. The van der Waals surface area contributed by atoms with Crippen LogP contribution in [0.4, 0.5) is 0 Å². The summed E-state index contributed by atoms with van der Waals surface area (Å²) >= 11 is 3.49. The highest BCUT2D eigenvalue weighted by atomic mass is 79.9. The van der Waals surface area contributed by atoms with E-state index in [0.29, 0.717) is 13.2 Å². The second kappa shape index (κ2) is 8.09. The zero-order valence-corrected chi connectivity index (χ0v) is 13.8. The fraction of sp³-hybridized carbons (Fsp3) is 0.500. The fourth-order valence-electron chi connectivity index (χ4n) is 1.92. The van der Waals surface area contributed by atoms with E-state index in [9.17, 15) is 0 Å². The lowest BCUT2D eigenvalue weighted by Crippen LogP contribution is -2.38. The summed E-state index contributed by atoms with van der Waals surface area (Å²) in [5.74, 6) is 2.27. The van der Waals surface area contributed by atoms with Gasteiger partial charge in [0, 0.05) is 26.7 Å². The van der Waals surface area contributed by atoms with Gasteiger partial charge < -0.3 is 24.8 Å². The summed E-state index contributed by atoms with van der Waals surface area (Å²) in [6.07, 6.45) is 0. The van der Waals surface area contributed by atoms with Crippen LogP contribution in [0.3, 0.4) is 0 Å². The van der Waals surface area contributed by atoms with Gasteiger partial charge in [0.1, 0.15) is 0 Å². The molecule has 1 aromatic carbocycles. The molecule has 1 aliphatic rings. The molecule has 0 saturated heterocycles. The van der Waals surface area contributed by atoms with Crippen LogP contribution >= 0.6 is 15.9 Å². The zero-order chi connectivity index (χ0) is 15.1. The number of hydrogen-bond acceptors (Lipinski definition) is 4. The van der Waals surface area contributed by atoms with E-state index < -0.39 is 0 Å². The summed E-state index contributed by atoms with van der Waals surface area (Å²) < 4.78 is 16.9. The molecule has 21 heavy (non-hydrogen) atoms. The Morgan fingerprint density at radius 1 is 1.38 bits per heavy atom. The van der Waals surface area contributed by atoms with Gasteiger partial charge in [0.05, 0.1) is 11.1 Å². The number of guanidine groups is 1. The van der Waals surface area contributed by atoms with E-state index >= 15 is 0 Å². The van der Waals surface area contributed by atoms with Crippen molar-refractivity contribution in [3.63, 3.8) is 0 Å². The van der Waals surface area contributed by atoms with Gasteiger partial charge in [-0.3, -0.25) is 4.99 Å². The summed E-state index contributed by atoms with van der Waals surface area (Å²) in [6.45, 7) is 4.99. The fourth-order valence-corrected chi connectivity index (χ4v) is 2.52. The van der Waals surface area contributed by atoms with Crippen LogP contribution in [0.15, 0.2) is 21.6 Å². The van der Waals surface area contributed by atoms with Gasteiger partial charge in [-0.2, -0.15) is 0 Å². The first kappa shape index (κ1) is 15.9. The molecule has 0 radical (unpaired) electrons. The van der Waals surface area contributed by atoms with E-state index in [-0.39, 0.29) is 6.79 Å². The lowest BCUT2D eigenvalue weighted by molar-refractivity contribution is 0.152. The van der Waals surface area contributed by atoms with Crippen molar-refractivity contribution in [1.29, 1.82) is 0 Å². The number of nitrogens with zero attached hydrogens (tertiary/aromatic N) is 1. The summed E-state index contributed by atoms with van der Waals surface area (Å²) in [5.41, 5.74) is 1.08. The molecule has 0 unspecified atom stereocenters. The van der Waals surface area contributed by atoms with Crippen molar-refractivity contribution < 1.29 is 14.2 Å². The van der Waals surface area contributed by atoms with Gasteiger partial charge in [0.25, 0.3) is 0 Å². The van der Waals surface area contributed by atoms with Crippen LogP contribution in [-0.4, -0.2) is 39.6 Å². The van der Waals surface area contributed by atoms with Gasteiger partial charge in [-0.25, -0.2) is 0 Å². The van der Waals surface area contributed by atoms with Crippen molar-refractivity contribution in [3.8, 4) is 11.5 Å². The quantitative estimate of drug-likeness (QED) is 0.462. The van der Waals surface area contributed by atoms with E-state index in [0.717, 1.165) is 40.6 Å². The van der Waals surface area contributed by atoms with Crippen molar-refractivity contribution >= 4 is 21.9 Å². The third-order valence-corrected chi connectivity index (χ3v) is 3.50. The Hall–Kier alpha value is -1.47. The molecule has 0 atom stereocenters. The Morgan fingerprint density at radius 2 is 2.24 bits per heavy atom. The molecule has 1 aromatic rings. The van der Waals surface area contributed by atoms with Crippen LogP contribution in [0.1, 0.15) is 12.5 Å². The number of benzene rings is 1. The molecule has 0 aliphatic carbocycles. The Bertz CT molecular complexity index is 508. The molecular formula is C14H20BrN3O3. The standard InChI is InChI=1S/C14H20BrN3O3/c1-3-19-5-4-17-14(16-2)18-8-10-6-11(15)13-12(7-10)20-9-21-13/h6-7H,3-5,8-9H2,1-2H3,(H2,16,17,18). The average Bonchev–Trinajstić information content (AvgIpc) is 2.95. The predicted octanol–water partition coefficient (Wildman–Crippen LogP) is 1.88. The second-order valence-electron chi connectivity index (χ2n) is 4.36. The van der Waals surface area contributed by atoms with Gasteiger partial charge in [-0.1, -0.05) is 0 Å². The van der Waals surface area contributed by atoms with E-state index in [1.165, 1.54) is 0 Å². The first-order chi connectivity index (χ1) is 10.2. The summed E-state index contributed by atoms with van der Waals surface area (Å²) in [6, 6.07) is 3.97. The molecule has 1 aliphatic heterocycles. The van der Waals surface area contributed by atoms with Gasteiger partial charge >= 0.3 is 0 Å². The van der Waals surface area contributed by atoms with Crippen LogP contribution in [-0.2, 0) is 11.3 Å². The minimum atomic E-state index is 0.269. The molecule has 1 heterocycles. The number of fused-ring (bicyclic) bond motifs is 1. The minimum Gasteiger partial charge on any atom is -0.454 e. The molecule has 116 valence electrons. The molecule has 0 amide bonds. The lowest BCUT2D eigenvalue weighted by Gasteiger charge is -2.12. The molecule has 0 fully saturated rings. The third-order valence-electron chi connectivity index (χ3n) is 2.91. The van der Waals surface area contributed by atoms with E-state index in [1.807, 2.05) is 19.1 Å². The number of hydrogen-bond donors (Lipinski definition) is 2. The molecule has 0 saturated carbocycles. The highest BCUT2D eigenvalue weighted by Gasteiger charge is 2.17. The minimum absolute atomic E-state index is 0.269. The molecule has 7 heteroatoms. The Balaban J connectivity index is 1.86. The van der Waals surface area contributed by atoms with E-state index in [2.05, 4.69) is 31.6 Å². The Morgan fingerprint density at radius 3 is 3.00 bits per heavy atom. The third kappa shape index (κ3) is 4.50. The molecule has 0 bridgehead atoms. The van der Waals surface area contributed by atoms with Crippen molar-refractivity contribution in [1.82, 2.24) is 10.6 Å². The monoisotopic (exact) mass is 357 g/mol. The SMILES string of the molecule is CCOCCNC(=NC)NCc1cc(Br)c2c(c1)OCO2. The summed E-state index contributed by atoms with van der Waals surface area (Å²) in [7, 11) is 1.74. The van der Waals surface area contributed by atoms with Crippen LogP contribution in [0.2, 0.25) is 0 Å². The highest BCUT2D eigenvalue weighted by Crippen LogP contribution is 2.39. The van der Waals surface area contributed by atoms with Crippen LogP contribution in [0.25, 0.3) is 0 Å². The van der Waals surface area contributed by atoms with Crippen molar-refractivity contribution in [2.45, 2.75) is 13.5 Å². The summed E-state index contributed by atoms with van der Waals surface area (Å²) in [4.78, 5) is 4.17. The maximum atomic E-state index is 5.40. The molecule has 0 spiro atoms. The summed E-state index contributed by atoms with van der Waals surface area (Å²) in [5, 5.41) is 6.43. The second-order valence-corrected chi connectivity index (χ2v) is 5.22. The molecule has 6 nitrogen and oxygen atoms in total. The van der Waals surface area contributed by atoms with Gasteiger partial charge in [0.2, 0.25) is 6.79 Å². The molecule has 2 rings (SSSR count). The Labute approximate surface area is 133 Å². The van der Waals surface area contributed by atoms with Gasteiger partial charge in [0.15, 0.2) is 17.5 Å². The lowest BCUT2D eigenvalue weighted by atomic mass is 10.2. The largest absolute Gasteiger partial charge is 0.454 e. The van der Waals surface area contributed by atoms with E-state index in [4.69, 9.17) is 14.2 Å². The average molecular weight is 358 g/mol. The number of halogens is 1. The molecule has 2 N–H and O–H groups in total. The molecular weight excluding hydrogens is 338 g/mol. The predicted molar refractivity (Wildman–Crippen MR) is 85.0 cm³/mol. The Kier molecular flexibility index (Phi) is 6.13. The maximum Gasteiger partial charge on any atom is 0.231 e. The molecule has 0 aromatic heterocycles.